The number of carbonyl (C=O) groups is 1. The highest BCUT2D eigenvalue weighted by Crippen LogP contribution is 1.84. The topological polar surface area (TPSA) is 17.1 Å². The van der Waals surface area contributed by atoms with Crippen molar-refractivity contribution in [2.24, 2.45) is 0 Å². The van der Waals surface area contributed by atoms with Crippen molar-refractivity contribution in [3.8, 4) is 0 Å². The van der Waals surface area contributed by atoms with Crippen LogP contribution in [0.3, 0.4) is 0 Å². The second-order valence-corrected chi connectivity index (χ2v) is 11.3. The standard InChI is InChI=1S/9C6H6.C3H6O/c9*1-2-4-6-5-3-1;1-3(2)4/h9*1-6H;1-2H3. The fourth-order valence-corrected chi connectivity index (χ4v) is 3.46. The van der Waals surface area contributed by atoms with Gasteiger partial charge >= 0.3 is 0 Å². The van der Waals surface area contributed by atoms with E-state index in [2.05, 4.69) is 0 Å². The lowest BCUT2D eigenvalue weighted by atomic mass is 10.4. The molecule has 0 bridgehead atoms. The summed E-state index contributed by atoms with van der Waals surface area (Å²) in [6, 6.07) is 108. The van der Waals surface area contributed by atoms with Crippen molar-refractivity contribution in [3.05, 3.63) is 328 Å². The van der Waals surface area contributed by atoms with Crippen molar-refractivity contribution < 1.29 is 4.79 Å². The molecule has 9 rings (SSSR count). The fraction of sp³-hybridized carbons (Fsp3) is 0.0351. The molecule has 0 aromatic heterocycles. The van der Waals surface area contributed by atoms with Gasteiger partial charge in [0.15, 0.2) is 0 Å². The van der Waals surface area contributed by atoms with E-state index in [1.807, 2.05) is 328 Å². The van der Waals surface area contributed by atoms with E-state index >= 15 is 0 Å². The zero-order chi connectivity index (χ0) is 41.8. The molecule has 1 nitrogen and oxygen atoms in total. The first-order chi connectivity index (χ1) is 28.7. The van der Waals surface area contributed by atoms with E-state index in [0.29, 0.717) is 0 Å². The van der Waals surface area contributed by atoms with Crippen LogP contribution in [0.15, 0.2) is 328 Å². The number of hydrogen-bond acceptors (Lipinski definition) is 1. The highest BCUT2D eigenvalue weighted by atomic mass is 16.1. The molecule has 1 heteroatoms. The van der Waals surface area contributed by atoms with Crippen LogP contribution in [0, 0.1) is 0 Å². The number of Topliss-reactive ketones (excluding diaryl/α,β-unsaturated/α-hetero) is 1. The molecule has 58 heavy (non-hydrogen) atoms. The van der Waals surface area contributed by atoms with Gasteiger partial charge in [0.05, 0.1) is 0 Å². The summed E-state index contributed by atoms with van der Waals surface area (Å²) in [5.41, 5.74) is 0. The third kappa shape index (κ3) is 50.8. The van der Waals surface area contributed by atoms with E-state index < -0.39 is 0 Å². The molecular weight excluding hydrogens is 701 g/mol. The molecule has 0 amide bonds. The quantitative estimate of drug-likeness (QED) is 0.150. The van der Waals surface area contributed by atoms with Crippen molar-refractivity contribution in [1.29, 1.82) is 0 Å². The average molecular weight is 761 g/mol. The van der Waals surface area contributed by atoms with Gasteiger partial charge in [0, 0.05) is 0 Å². The molecule has 0 heterocycles. The van der Waals surface area contributed by atoms with E-state index in [1.165, 1.54) is 13.8 Å². The van der Waals surface area contributed by atoms with Gasteiger partial charge in [-0.2, -0.15) is 0 Å². The lowest BCUT2D eigenvalue weighted by molar-refractivity contribution is -0.115. The first-order valence-corrected chi connectivity index (χ1v) is 19.2. The Morgan fingerprint density at radius 1 is 0.138 bits per heavy atom. The predicted molar refractivity (Wildman–Crippen MR) is 254 cm³/mol. The van der Waals surface area contributed by atoms with Gasteiger partial charge in [0.25, 0.3) is 0 Å². The number of benzene rings is 9. The largest absolute Gasteiger partial charge is 0.300 e. The summed E-state index contributed by atoms with van der Waals surface area (Å²) in [4.78, 5) is 9.44. The van der Waals surface area contributed by atoms with Gasteiger partial charge in [-0.05, 0) is 13.8 Å². The molecule has 0 N–H and O–H groups in total. The van der Waals surface area contributed by atoms with Gasteiger partial charge in [-0.25, -0.2) is 0 Å². The van der Waals surface area contributed by atoms with Crippen LogP contribution in [0.5, 0.6) is 0 Å². The molecule has 0 fully saturated rings. The van der Waals surface area contributed by atoms with E-state index in [-0.39, 0.29) is 5.78 Å². The molecule has 0 spiro atoms. The monoisotopic (exact) mass is 760 g/mol. The Kier molecular flexibility index (Phi) is 41.6. The molecular formula is C57H60O. The molecule has 0 unspecified atom stereocenters. The van der Waals surface area contributed by atoms with Crippen molar-refractivity contribution in [2.45, 2.75) is 13.8 Å². The zero-order valence-corrected chi connectivity index (χ0v) is 34.1. The molecule has 0 saturated carbocycles. The number of rotatable bonds is 0. The Morgan fingerprint density at radius 3 is 0.172 bits per heavy atom. The van der Waals surface area contributed by atoms with Crippen molar-refractivity contribution in [2.75, 3.05) is 0 Å². The van der Waals surface area contributed by atoms with Crippen molar-refractivity contribution in [1.82, 2.24) is 0 Å². The maximum Gasteiger partial charge on any atom is 0.126 e. The van der Waals surface area contributed by atoms with E-state index in [1.54, 1.807) is 0 Å². The maximum absolute atomic E-state index is 9.44. The molecule has 0 aliphatic rings. The first-order valence-electron chi connectivity index (χ1n) is 19.2. The van der Waals surface area contributed by atoms with Gasteiger partial charge in [-0.1, -0.05) is 328 Å². The molecule has 294 valence electrons. The average Bonchev–Trinajstić information content (AvgIpc) is 3.35. The minimum absolute atomic E-state index is 0.167. The van der Waals surface area contributed by atoms with E-state index in [4.69, 9.17) is 0 Å². The number of carbonyl (C=O) groups excluding carboxylic acids is 1. The summed E-state index contributed by atoms with van der Waals surface area (Å²) in [5, 5.41) is 0. The molecule has 9 aromatic carbocycles. The highest BCUT2D eigenvalue weighted by Gasteiger charge is 1.63. The summed E-state index contributed by atoms with van der Waals surface area (Å²) >= 11 is 0. The van der Waals surface area contributed by atoms with Gasteiger partial charge < -0.3 is 4.79 Å². The zero-order valence-electron chi connectivity index (χ0n) is 34.1. The molecule has 0 atom stereocenters. The van der Waals surface area contributed by atoms with Gasteiger partial charge in [-0.3, -0.25) is 0 Å². The lowest BCUT2D eigenvalue weighted by Gasteiger charge is -1.69. The predicted octanol–water partition coefficient (Wildman–Crippen LogP) is 15.8. The molecule has 0 saturated heterocycles. The maximum atomic E-state index is 9.44. The second-order valence-electron chi connectivity index (χ2n) is 11.3. The third-order valence-electron chi connectivity index (χ3n) is 6.00. The van der Waals surface area contributed by atoms with E-state index in [0.717, 1.165) is 0 Å². The number of ketones is 1. The first kappa shape index (κ1) is 50.7. The van der Waals surface area contributed by atoms with Crippen LogP contribution < -0.4 is 0 Å². The molecule has 0 aliphatic carbocycles. The van der Waals surface area contributed by atoms with Gasteiger partial charge in [-0.15, -0.1) is 0 Å². The van der Waals surface area contributed by atoms with Crippen LogP contribution in [0.1, 0.15) is 13.8 Å². The lowest BCUT2D eigenvalue weighted by Crippen LogP contribution is -1.69. The minimum Gasteiger partial charge on any atom is -0.300 e. The summed E-state index contributed by atoms with van der Waals surface area (Å²) in [6.45, 7) is 3.06. The third-order valence-corrected chi connectivity index (χ3v) is 6.00. The van der Waals surface area contributed by atoms with Crippen LogP contribution in [0.2, 0.25) is 0 Å². The SMILES string of the molecule is CC(C)=O.c1ccccc1.c1ccccc1.c1ccccc1.c1ccccc1.c1ccccc1.c1ccccc1.c1ccccc1.c1ccccc1.c1ccccc1. The van der Waals surface area contributed by atoms with Crippen molar-refractivity contribution in [3.63, 3.8) is 0 Å². The van der Waals surface area contributed by atoms with Gasteiger partial charge in [0.2, 0.25) is 0 Å². The normalized spacial score (nSPS) is 7.90. The molecule has 0 aliphatic heterocycles. The summed E-state index contributed by atoms with van der Waals surface area (Å²) in [5.74, 6) is 0.167. The van der Waals surface area contributed by atoms with Crippen LogP contribution in [0.25, 0.3) is 0 Å². The van der Waals surface area contributed by atoms with Gasteiger partial charge in [0.1, 0.15) is 5.78 Å². The summed E-state index contributed by atoms with van der Waals surface area (Å²) in [6.07, 6.45) is 0. The molecule has 0 radical (unpaired) electrons. The van der Waals surface area contributed by atoms with Crippen LogP contribution in [0.4, 0.5) is 0 Å². The Hall–Kier alpha value is -7.35. The van der Waals surface area contributed by atoms with Crippen LogP contribution >= 0.6 is 0 Å². The Bertz CT molecular complexity index is 1200. The van der Waals surface area contributed by atoms with E-state index in [9.17, 15) is 4.79 Å². The highest BCUT2D eigenvalue weighted by molar-refractivity contribution is 5.72. The second kappa shape index (κ2) is 47.7. The summed E-state index contributed by atoms with van der Waals surface area (Å²) < 4.78 is 0. The smallest absolute Gasteiger partial charge is 0.126 e. The Morgan fingerprint density at radius 2 is 0.155 bits per heavy atom. The summed E-state index contributed by atoms with van der Waals surface area (Å²) in [7, 11) is 0. The Balaban J connectivity index is 0.000000624. The fourth-order valence-electron chi connectivity index (χ4n) is 3.46. The minimum atomic E-state index is 0.167. The molecule has 9 aromatic rings. The van der Waals surface area contributed by atoms with Crippen LogP contribution in [-0.4, -0.2) is 5.78 Å². The number of hydrogen-bond donors (Lipinski definition) is 0. The van der Waals surface area contributed by atoms with Crippen LogP contribution in [-0.2, 0) is 4.79 Å². The Labute approximate surface area is 350 Å². The van der Waals surface area contributed by atoms with Crippen molar-refractivity contribution >= 4 is 5.78 Å².